The Labute approximate surface area is 86.3 Å². The van der Waals surface area contributed by atoms with Crippen molar-refractivity contribution < 1.29 is 87.2 Å². The Morgan fingerprint density at radius 1 is 0.455 bits per heavy atom. The van der Waals surface area contributed by atoms with Gasteiger partial charge in [-0.1, -0.05) is 0 Å². The molecule has 0 saturated heterocycles. The van der Waals surface area contributed by atoms with Gasteiger partial charge in [-0.25, -0.2) is 0 Å². The number of hydrogen-bond acceptors (Lipinski definition) is 8. The number of hydrogen-bond donors (Lipinski definition) is 0. The first-order valence-corrected chi connectivity index (χ1v) is 8.28. The third-order valence-electron chi connectivity index (χ3n) is 0. The molecule has 0 unspecified atom stereocenters. The van der Waals surface area contributed by atoms with E-state index in [0.29, 0.717) is 0 Å². The molecular formula is I2O8Zn. The molecule has 0 aliphatic carbocycles. The summed E-state index contributed by atoms with van der Waals surface area (Å²) in [6.07, 6.45) is 0. The van der Waals surface area contributed by atoms with Gasteiger partial charge in [-0.05, 0) is 0 Å². The summed E-state index contributed by atoms with van der Waals surface area (Å²) in [5.74, 6) is 0. The van der Waals surface area contributed by atoms with Gasteiger partial charge in [0.25, 0.3) is 0 Å². The van der Waals surface area contributed by atoms with E-state index < -0.39 is 40.2 Å². The van der Waals surface area contributed by atoms with E-state index in [1.54, 1.807) is 0 Å². The minimum Gasteiger partial charge on any atom is -0.286 e. The van der Waals surface area contributed by atoms with Gasteiger partial charge in [0.05, 0.1) is 0 Å². The average Bonchev–Trinajstić information content (AvgIpc) is 1.12. The van der Waals surface area contributed by atoms with Crippen molar-refractivity contribution >= 4 is 0 Å². The first-order chi connectivity index (χ1) is 4.00. The zero-order valence-electron chi connectivity index (χ0n) is 4.73. The molecule has 0 fully saturated rings. The third kappa shape index (κ3) is 361. The number of rotatable bonds is 0. The predicted molar refractivity (Wildman–Crippen MR) is 0 cm³/mol. The van der Waals surface area contributed by atoms with Crippen LogP contribution >= 0.6 is 0 Å². The van der Waals surface area contributed by atoms with Crippen molar-refractivity contribution in [1.29, 1.82) is 0 Å². The molecule has 11 heteroatoms. The van der Waals surface area contributed by atoms with E-state index in [-0.39, 0.29) is 19.5 Å². The van der Waals surface area contributed by atoms with Gasteiger partial charge in [-0.3, -0.25) is 27.5 Å². The maximum atomic E-state index is 8.62. The van der Waals surface area contributed by atoms with Gasteiger partial charge >= 0.3 is 19.5 Å². The van der Waals surface area contributed by atoms with Crippen molar-refractivity contribution in [2.75, 3.05) is 0 Å². The molecule has 0 atom stereocenters. The third-order valence-corrected chi connectivity index (χ3v) is 0. The smallest absolute Gasteiger partial charge is 0.286 e. The van der Waals surface area contributed by atoms with Crippen LogP contribution in [0.1, 0.15) is 0 Å². The van der Waals surface area contributed by atoms with Crippen LogP contribution < -0.4 is 67.7 Å². The maximum Gasteiger partial charge on any atom is 2.00 e. The summed E-state index contributed by atoms with van der Waals surface area (Å²) in [5, 5.41) is 0. The molecule has 0 aliphatic heterocycles. The minimum absolute atomic E-state index is 0. The topological polar surface area (TPSA) is 184 Å². The largest absolute Gasteiger partial charge is 2.00 e. The summed E-state index contributed by atoms with van der Waals surface area (Å²) in [4.78, 5) is 0. The van der Waals surface area contributed by atoms with Gasteiger partial charge in [0.15, 0.2) is 0 Å². The van der Waals surface area contributed by atoms with E-state index in [0.717, 1.165) is 0 Å². The molecule has 0 aromatic heterocycles. The molecule has 0 saturated carbocycles. The SMILES string of the molecule is [O-][I+3]([O-])([O-])[O-].[O-][I+3]([O-])([O-])[O-].[Zn+2]. The zero-order chi connectivity index (χ0) is 9.00. The normalized spacial score (nSPS) is 10.9. The van der Waals surface area contributed by atoms with Crippen molar-refractivity contribution in [3.63, 3.8) is 0 Å². The molecule has 64 valence electrons. The van der Waals surface area contributed by atoms with Crippen LogP contribution in [0.5, 0.6) is 0 Å². The van der Waals surface area contributed by atoms with Crippen LogP contribution in [0.2, 0.25) is 0 Å². The van der Waals surface area contributed by atoms with Gasteiger partial charge in [-0.15, -0.1) is 0 Å². The van der Waals surface area contributed by atoms with Crippen molar-refractivity contribution in [3.8, 4) is 0 Å². The van der Waals surface area contributed by atoms with Crippen molar-refractivity contribution in [1.82, 2.24) is 0 Å². The van der Waals surface area contributed by atoms with E-state index >= 15 is 0 Å². The monoisotopic (exact) mass is 446 g/mol. The first kappa shape index (κ1) is 18.5. The van der Waals surface area contributed by atoms with Crippen LogP contribution in [0.15, 0.2) is 0 Å². The van der Waals surface area contributed by atoms with Crippen LogP contribution in [0.3, 0.4) is 0 Å². The van der Waals surface area contributed by atoms with Crippen LogP contribution in [-0.2, 0) is 19.5 Å². The fourth-order valence-corrected chi connectivity index (χ4v) is 0. The Bertz CT molecular complexity index is 55.1. The van der Waals surface area contributed by atoms with Crippen molar-refractivity contribution in [2.45, 2.75) is 0 Å². The quantitative estimate of drug-likeness (QED) is 0.259. The van der Waals surface area contributed by atoms with E-state index in [2.05, 4.69) is 0 Å². The molecule has 8 nitrogen and oxygen atoms in total. The molecular weight excluding hydrogens is 447 g/mol. The Balaban J connectivity index is -0.000000107. The average molecular weight is 447 g/mol. The second-order valence-corrected chi connectivity index (χ2v) is 5.07. The molecule has 0 rings (SSSR count). The molecule has 0 amide bonds. The van der Waals surface area contributed by atoms with E-state index in [9.17, 15) is 0 Å². The summed E-state index contributed by atoms with van der Waals surface area (Å²) in [6, 6.07) is 0. The summed E-state index contributed by atoms with van der Waals surface area (Å²) >= 11 is -11.9. The van der Waals surface area contributed by atoms with Crippen LogP contribution in [0.4, 0.5) is 0 Å². The van der Waals surface area contributed by atoms with Crippen molar-refractivity contribution in [3.05, 3.63) is 0 Å². The second kappa shape index (κ2) is 7.19. The molecule has 11 heavy (non-hydrogen) atoms. The van der Waals surface area contributed by atoms with Gasteiger partial charge < -0.3 is 0 Å². The maximum absolute atomic E-state index is 8.62. The number of halogens is 2. The van der Waals surface area contributed by atoms with Crippen molar-refractivity contribution in [2.24, 2.45) is 0 Å². The Morgan fingerprint density at radius 3 is 0.455 bits per heavy atom. The van der Waals surface area contributed by atoms with E-state index in [1.165, 1.54) is 0 Å². The molecule has 0 bridgehead atoms. The Hall–Kier alpha value is 1.76. The van der Waals surface area contributed by atoms with E-state index in [4.69, 9.17) is 27.5 Å². The van der Waals surface area contributed by atoms with Gasteiger partial charge in [-0.2, -0.15) is 0 Å². The predicted octanol–water partition coefficient (Wildman–Crippen LogP) is -15.5. The standard InChI is InChI=1S/2IO4.Zn/c2*2-1(3,4)5;/q2*-1;+2. The first-order valence-electron chi connectivity index (χ1n) is 1.23. The molecule has 0 radical (unpaired) electrons. The molecule has 0 spiro atoms. The fourth-order valence-electron chi connectivity index (χ4n) is 0. The Morgan fingerprint density at radius 2 is 0.455 bits per heavy atom. The van der Waals surface area contributed by atoms with Gasteiger partial charge in [0.2, 0.25) is 0 Å². The molecule has 0 heterocycles. The summed E-state index contributed by atoms with van der Waals surface area (Å²) in [5.41, 5.74) is 0. The van der Waals surface area contributed by atoms with Crippen LogP contribution in [0, 0.1) is 0 Å². The second-order valence-electron chi connectivity index (χ2n) is 0.756. The van der Waals surface area contributed by atoms with Gasteiger partial charge in [0, 0.05) is 0 Å². The Kier molecular flexibility index (Phi) is 12.1. The molecule has 0 N–H and O–H groups in total. The summed E-state index contributed by atoms with van der Waals surface area (Å²) < 4.78 is 68.9. The summed E-state index contributed by atoms with van der Waals surface area (Å²) in [6.45, 7) is 0. The molecule has 0 aromatic carbocycles. The fraction of sp³-hybridized carbons (Fsp3) is 0. The van der Waals surface area contributed by atoms with Crippen LogP contribution in [0.25, 0.3) is 0 Å². The minimum atomic E-state index is -5.94. The van der Waals surface area contributed by atoms with Gasteiger partial charge in [0.1, 0.15) is 40.2 Å². The molecule has 0 aliphatic rings. The van der Waals surface area contributed by atoms with Crippen LogP contribution in [-0.4, -0.2) is 0 Å². The molecule has 0 aromatic rings. The summed E-state index contributed by atoms with van der Waals surface area (Å²) in [7, 11) is 0. The van der Waals surface area contributed by atoms with E-state index in [1.807, 2.05) is 0 Å². The zero-order valence-corrected chi connectivity index (χ0v) is 12.0.